The Kier molecular flexibility index (Phi) is 3.12. The van der Waals surface area contributed by atoms with Gasteiger partial charge in [0.05, 0.1) is 0 Å². The van der Waals surface area contributed by atoms with Crippen molar-refractivity contribution in [2.24, 2.45) is 0 Å². The van der Waals surface area contributed by atoms with Crippen molar-refractivity contribution in [1.82, 2.24) is 0 Å². The molecule has 0 aliphatic carbocycles. The first-order valence-corrected chi connectivity index (χ1v) is 6.25. The van der Waals surface area contributed by atoms with Crippen molar-refractivity contribution in [3.8, 4) is 22.6 Å². The van der Waals surface area contributed by atoms with Crippen LogP contribution in [0.5, 0.6) is 11.5 Å². The molecule has 2 aromatic carbocycles. The van der Waals surface area contributed by atoms with Crippen LogP contribution in [0, 0.1) is 0 Å². The van der Waals surface area contributed by atoms with Crippen LogP contribution in [0.2, 0.25) is 0 Å². The molecular formula is C16H11F3O2. The van der Waals surface area contributed by atoms with Gasteiger partial charge in [0.2, 0.25) is 0 Å². The van der Waals surface area contributed by atoms with Gasteiger partial charge in [-0.25, -0.2) is 0 Å². The van der Waals surface area contributed by atoms with Crippen molar-refractivity contribution in [2.45, 2.75) is 12.8 Å². The van der Waals surface area contributed by atoms with E-state index in [1.807, 2.05) is 18.2 Å². The zero-order chi connectivity index (χ0) is 15.0. The van der Waals surface area contributed by atoms with Crippen molar-refractivity contribution in [3.05, 3.63) is 60.4 Å². The Balaban J connectivity index is 1.85. The number of allylic oxidation sites excluding steroid dienone is 1. The Hall–Kier alpha value is -2.43. The van der Waals surface area contributed by atoms with Crippen LogP contribution < -0.4 is 9.47 Å². The molecule has 1 aliphatic rings. The molecule has 0 radical (unpaired) electrons. The Morgan fingerprint density at radius 3 is 2.33 bits per heavy atom. The molecule has 3 rings (SSSR count). The maximum Gasteiger partial charge on any atom is 0.573 e. The van der Waals surface area contributed by atoms with E-state index in [0.29, 0.717) is 12.2 Å². The molecule has 21 heavy (non-hydrogen) atoms. The molecule has 0 atom stereocenters. The summed E-state index contributed by atoms with van der Waals surface area (Å²) in [5, 5.41) is 0. The second-order valence-corrected chi connectivity index (χ2v) is 4.71. The number of ether oxygens (including phenoxy) is 2. The van der Waals surface area contributed by atoms with Gasteiger partial charge in [0.1, 0.15) is 17.3 Å². The zero-order valence-electron chi connectivity index (χ0n) is 10.9. The van der Waals surface area contributed by atoms with Crippen LogP contribution in [0.3, 0.4) is 0 Å². The van der Waals surface area contributed by atoms with Gasteiger partial charge in [-0.05, 0) is 35.4 Å². The maximum atomic E-state index is 12.1. The fraction of sp³-hybridized carbons (Fsp3) is 0.125. The van der Waals surface area contributed by atoms with E-state index in [-0.39, 0.29) is 5.75 Å². The third kappa shape index (κ3) is 3.02. The van der Waals surface area contributed by atoms with Crippen LogP contribution in [0.1, 0.15) is 5.56 Å². The quantitative estimate of drug-likeness (QED) is 0.798. The summed E-state index contributed by atoms with van der Waals surface area (Å²) in [4.78, 5) is 0. The Morgan fingerprint density at radius 1 is 1.00 bits per heavy atom. The minimum absolute atomic E-state index is 0.232. The lowest BCUT2D eigenvalue weighted by Gasteiger charge is -2.09. The number of halogens is 3. The standard InChI is InChI=1S/C16H11F3O2/c1-10-8-13-9-12(4-7-15(13)20-10)11-2-5-14(6-3-11)21-16(17,18)19/h2-7,9H,1,8H2. The molecule has 2 aromatic rings. The maximum absolute atomic E-state index is 12.1. The molecule has 5 heteroatoms. The van der Waals surface area contributed by atoms with Gasteiger partial charge < -0.3 is 9.47 Å². The van der Waals surface area contributed by atoms with E-state index in [0.717, 1.165) is 22.4 Å². The van der Waals surface area contributed by atoms with Gasteiger partial charge in [-0.2, -0.15) is 0 Å². The molecular weight excluding hydrogens is 281 g/mol. The third-order valence-electron chi connectivity index (χ3n) is 3.12. The molecule has 0 bridgehead atoms. The van der Waals surface area contributed by atoms with Crippen LogP contribution in [0.15, 0.2) is 54.8 Å². The van der Waals surface area contributed by atoms with E-state index in [4.69, 9.17) is 4.74 Å². The summed E-state index contributed by atoms with van der Waals surface area (Å²) in [7, 11) is 0. The summed E-state index contributed by atoms with van der Waals surface area (Å²) in [5.74, 6) is 1.24. The van der Waals surface area contributed by atoms with E-state index < -0.39 is 6.36 Å². The van der Waals surface area contributed by atoms with Crippen molar-refractivity contribution >= 4 is 0 Å². The summed E-state index contributed by atoms with van der Waals surface area (Å²) in [6.45, 7) is 3.77. The van der Waals surface area contributed by atoms with E-state index in [1.54, 1.807) is 12.1 Å². The predicted octanol–water partition coefficient (Wildman–Crippen LogP) is 4.70. The molecule has 0 amide bonds. The molecule has 0 saturated heterocycles. The number of alkyl halides is 3. The summed E-state index contributed by atoms with van der Waals surface area (Å²) in [5.41, 5.74) is 2.74. The Labute approximate surface area is 119 Å². The van der Waals surface area contributed by atoms with Gasteiger partial charge in [0.15, 0.2) is 0 Å². The lowest BCUT2D eigenvalue weighted by Crippen LogP contribution is -2.16. The van der Waals surface area contributed by atoms with E-state index in [2.05, 4.69) is 11.3 Å². The smallest absolute Gasteiger partial charge is 0.462 e. The minimum atomic E-state index is -4.67. The fourth-order valence-electron chi connectivity index (χ4n) is 2.25. The van der Waals surface area contributed by atoms with Gasteiger partial charge >= 0.3 is 6.36 Å². The highest BCUT2D eigenvalue weighted by Gasteiger charge is 2.30. The average molecular weight is 292 g/mol. The third-order valence-corrected chi connectivity index (χ3v) is 3.12. The van der Waals surface area contributed by atoms with E-state index >= 15 is 0 Å². The van der Waals surface area contributed by atoms with Gasteiger partial charge in [-0.15, -0.1) is 13.2 Å². The monoisotopic (exact) mass is 292 g/mol. The fourth-order valence-corrected chi connectivity index (χ4v) is 2.25. The SMILES string of the molecule is C=C1Cc2cc(-c3ccc(OC(F)(F)F)cc3)ccc2O1. The van der Waals surface area contributed by atoms with Gasteiger partial charge in [-0.3, -0.25) is 0 Å². The number of benzene rings is 2. The minimum Gasteiger partial charge on any atom is -0.462 e. The average Bonchev–Trinajstić information content (AvgIpc) is 2.76. The highest BCUT2D eigenvalue weighted by molar-refractivity contribution is 5.67. The van der Waals surface area contributed by atoms with Gasteiger partial charge in [0, 0.05) is 12.0 Å². The van der Waals surface area contributed by atoms with Crippen LogP contribution in [0.4, 0.5) is 13.2 Å². The molecule has 108 valence electrons. The van der Waals surface area contributed by atoms with E-state index in [9.17, 15) is 13.2 Å². The summed E-state index contributed by atoms with van der Waals surface area (Å²) < 4.78 is 45.6. The summed E-state index contributed by atoms with van der Waals surface area (Å²) in [6.07, 6.45) is -4.02. The van der Waals surface area contributed by atoms with Crippen LogP contribution in [-0.2, 0) is 6.42 Å². The number of hydrogen-bond donors (Lipinski definition) is 0. The van der Waals surface area contributed by atoms with Crippen molar-refractivity contribution < 1.29 is 22.6 Å². The molecule has 0 N–H and O–H groups in total. The predicted molar refractivity (Wildman–Crippen MR) is 72.0 cm³/mol. The molecule has 0 saturated carbocycles. The second kappa shape index (κ2) is 4.84. The number of hydrogen-bond acceptors (Lipinski definition) is 2. The van der Waals surface area contributed by atoms with E-state index in [1.165, 1.54) is 12.1 Å². The summed E-state index contributed by atoms with van der Waals surface area (Å²) >= 11 is 0. The van der Waals surface area contributed by atoms with Crippen LogP contribution in [-0.4, -0.2) is 6.36 Å². The highest BCUT2D eigenvalue weighted by atomic mass is 19.4. The van der Waals surface area contributed by atoms with Crippen molar-refractivity contribution in [1.29, 1.82) is 0 Å². The van der Waals surface area contributed by atoms with Crippen LogP contribution in [0.25, 0.3) is 11.1 Å². The largest absolute Gasteiger partial charge is 0.573 e. The Morgan fingerprint density at radius 2 is 1.67 bits per heavy atom. The van der Waals surface area contributed by atoms with Gasteiger partial charge in [-0.1, -0.05) is 24.8 Å². The number of rotatable bonds is 2. The molecule has 0 spiro atoms. The van der Waals surface area contributed by atoms with Crippen molar-refractivity contribution in [2.75, 3.05) is 0 Å². The first kappa shape index (κ1) is 13.5. The zero-order valence-corrected chi connectivity index (χ0v) is 10.9. The van der Waals surface area contributed by atoms with Crippen LogP contribution >= 0.6 is 0 Å². The summed E-state index contributed by atoms with van der Waals surface area (Å²) in [6, 6.07) is 11.4. The topological polar surface area (TPSA) is 18.5 Å². The second-order valence-electron chi connectivity index (χ2n) is 4.71. The Bertz CT molecular complexity index is 688. The lowest BCUT2D eigenvalue weighted by molar-refractivity contribution is -0.274. The molecule has 0 unspecified atom stereocenters. The molecule has 1 aliphatic heterocycles. The lowest BCUT2D eigenvalue weighted by atomic mass is 10.0. The van der Waals surface area contributed by atoms with Crippen molar-refractivity contribution in [3.63, 3.8) is 0 Å². The first-order valence-electron chi connectivity index (χ1n) is 6.25. The first-order chi connectivity index (χ1) is 9.90. The number of fused-ring (bicyclic) bond motifs is 1. The van der Waals surface area contributed by atoms with Gasteiger partial charge in [0.25, 0.3) is 0 Å². The highest BCUT2D eigenvalue weighted by Crippen LogP contribution is 2.34. The molecule has 1 heterocycles. The molecule has 0 fully saturated rings. The molecule has 2 nitrogen and oxygen atoms in total. The normalized spacial score (nSPS) is 13.8. The molecule has 0 aromatic heterocycles.